The van der Waals surface area contributed by atoms with E-state index in [0.29, 0.717) is 5.92 Å². The second-order valence-electron chi connectivity index (χ2n) is 4.47. The van der Waals surface area contributed by atoms with Crippen LogP contribution in [-0.4, -0.2) is 11.6 Å². The number of hydrogen-bond donors (Lipinski definition) is 1. The zero-order chi connectivity index (χ0) is 11.1. The fourth-order valence-corrected chi connectivity index (χ4v) is 2.26. The van der Waals surface area contributed by atoms with Gasteiger partial charge >= 0.3 is 0 Å². The van der Waals surface area contributed by atoms with Crippen molar-refractivity contribution in [2.24, 2.45) is 16.9 Å². The van der Waals surface area contributed by atoms with E-state index in [9.17, 15) is 4.79 Å². The fourth-order valence-electron chi connectivity index (χ4n) is 2.26. The maximum absolute atomic E-state index is 11.3. The van der Waals surface area contributed by atoms with E-state index in [4.69, 9.17) is 0 Å². The second-order valence-corrected chi connectivity index (χ2v) is 4.47. The van der Waals surface area contributed by atoms with Gasteiger partial charge in [-0.25, -0.2) is 5.43 Å². The number of rotatable bonds is 2. The standard InChI is InChI=1S/C13H14N2O/c1-2-8-3-5-9(6-4-8)12-10-7-11(10)13(16)15-14-12/h3-6,10-11H,2,7H2,1H3,(H,15,16)/t10-,11+/m1/s1. The van der Waals surface area contributed by atoms with Gasteiger partial charge in [0.2, 0.25) is 5.91 Å². The summed E-state index contributed by atoms with van der Waals surface area (Å²) in [6, 6.07) is 8.46. The number of nitrogens with one attached hydrogen (secondary N) is 1. The van der Waals surface area contributed by atoms with Crippen LogP contribution in [0.2, 0.25) is 0 Å². The van der Waals surface area contributed by atoms with E-state index in [0.717, 1.165) is 24.1 Å². The molecule has 1 N–H and O–H groups in total. The fraction of sp³-hybridized carbons (Fsp3) is 0.385. The van der Waals surface area contributed by atoms with Gasteiger partial charge in [0.05, 0.1) is 5.71 Å². The van der Waals surface area contributed by atoms with Crippen molar-refractivity contribution in [1.29, 1.82) is 0 Å². The highest BCUT2D eigenvalue weighted by molar-refractivity contribution is 6.09. The Labute approximate surface area is 94.6 Å². The Bertz CT molecular complexity index is 461. The Morgan fingerprint density at radius 1 is 1.31 bits per heavy atom. The van der Waals surface area contributed by atoms with E-state index in [1.165, 1.54) is 5.56 Å². The van der Waals surface area contributed by atoms with Crippen LogP contribution in [0.4, 0.5) is 0 Å². The van der Waals surface area contributed by atoms with E-state index in [-0.39, 0.29) is 11.8 Å². The van der Waals surface area contributed by atoms with E-state index in [1.807, 2.05) is 0 Å². The molecule has 2 atom stereocenters. The summed E-state index contributed by atoms with van der Waals surface area (Å²) in [5, 5.41) is 4.18. The number of benzene rings is 1. The predicted octanol–water partition coefficient (Wildman–Crippen LogP) is 1.72. The Hall–Kier alpha value is -1.64. The predicted molar refractivity (Wildman–Crippen MR) is 62.1 cm³/mol. The summed E-state index contributed by atoms with van der Waals surface area (Å²) in [6.45, 7) is 2.14. The molecule has 16 heavy (non-hydrogen) atoms. The van der Waals surface area contributed by atoms with Crippen LogP contribution in [0.1, 0.15) is 24.5 Å². The molecule has 3 nitrogen and oxygen atoms in total. The summed E-state index contributed by atoms with van der Waals surface area (Å²) in [4.78, 5) is 11.3. The van der Waals surface area contributed by atoms with E-state index in [2.05, 4.69) is 41.7 Å². The van der Waals surface area contributed by atoms with Crippen molar-refractivity contribution in [3.63, 3.8) is 0 Å². The topological polar surface area (TPSA) is 41.5 Å². The SMILES string of the molecule is CCc1ccc(C2=NNC(=O)[C@H]3C[C@@H]23)cc1. The number of aryl methyl sites for hydroxylation is 1. The lowest BCUT2D eigenvalue weighted by atomic mass is 10.0. The normalized spacial score (nSPS) is 26.8. The molecule has 3 rings (SSSR count). The number of nitrogens with zero attached hydrogens (tertiary/aromatic N) is 1. The molecule has 0 spiro atoms. The van der Waals surface area contributed by atoms with Gasteiger partial charge in [0.15, 0.2) is 0 Å². The van der Waals surface area contributed by atoms with Crippen molar-refractivity contribution in [2.75, 3.05) is 0 Å². The van der Waals surface area contributed by atoms with Crippen LogP contribution in [0.15, 0.2) is 29.4 Å². The summed E-state index contributed by atoms with van der Waals surface area (Å²) in [5.41, 5.74) is 6.12. The van der Waals surface area contributed by atoms with Gasteiger partial charge in [-0.15, -0.1) is 0 Å². The van der Waals surface area contributed by atoms with Gasteiger partial charge in [0.25, 0.3) is 0 Å². The largest absolute Gasteiger partial charge is 0.273 e. The smallest absolute Gasteiger partial charge is 0.243 e. The molecule has 1 saturated carbocycles. The van der Waals surface area contributed by atoms with Gasteiger partial charge in [-0.2, -0.15) is 5.10 Å². The molecule has 1 fully saturated rings. The molecule has 1 aromatic carbocycles. The Morgan fingerprint density at radius 2 is 2.06 bits per heavy atom. The minimum Gasteiger partial charge on any atom is -0.273 e. The van der Waals surface area contributed by atoms with Crippen LogP contribution in [0, 0.1) is 11.8 Å². The van der Waals surface area contributed by atoms with Crippen LogP contribution in [-0.2, 0) is 11.2 Å². The third kappa shape index (κ3) is 1.43. The molecular weight excluding hydrogens is 200 g/mol. The molecule has 1 aliphatic heterocycles. The molecule has 0 radical (unpaired) electrons. The first kappa shape index (κ1) is 9.58. The monoisotopic (exact) mass is 214 g/mol. The number of carbonyl (C=O) groups excluding carboxylic acids is 1. The first-order valence-corrected chi connectivity index (χ1v) is 5.76. The molecule has 1 aliphatic carbocycles. The average molecular weight is 214 g/mol. The molecule has 82 valence electrons. The van der Waals surface area contributed by atoms with Crippen molar-refractivity contribution in [3.8, 4) is 0 Å². The van der Waals surface area contributed by atoms with Gasteiger partial charge in [-0.3, -0.25) is 4.79 Å². The highest BCUT2D eigenvalue weighted by Gasteiger charge is 2.49. The molecule has 0 unspecified atom stereocenters. The quantitative estimate of drug-likeness (QED) is 0.800. The summed E-state index contributed by atoms with van der Waals surface area (Å²) in [7, 11) is 0. The van der Waals surface area contributed by atoms with Gasteiger partial charge in [-0.05, 0) is 24.0 Å². The minimum atomic E-state index is 0.0823. The van der Waals surface area contributed by atoms with Crippen LogP contribution < -0.4 is 5.43 Å². The molecule has 2 aliphatic rings. The number of hydrazone groups is 1. The second kappa shape index (κ2) is 3.44. The van der Waals surface area contributed by atoms with Gasteiger partial charge in [0.1, 0.15) is 0 Å². The Kier molecular flexibility index (Phi) is 2.06. The van der Waals surface area contributed by atoms with Crippen molar-refractivity contribution in [2.45, 2.75) is 19.8 Å². The van der Waals surface area contributed by atoms with Gasteiger partial charge < -0.3 is 0 Å². The summed E-state index contributed by atoms with van der Waals surface area (Å²) >= 11 is 0. The molecule has 1 aromatic rings. The summed E-state index contributed by atoms with van der Waals surface area (Å²) < 4.78 is 0. The third-order valence-corrected chi connectivity index (χ3v) is 3.42. The van der Waals surface area contributed by atoms with Gasteiger partial charge in [-0.1, -0.05) is 31.2 Å². The molecule has 0 bridgehead atoms. The molecule has 1 amide bonds. The molecule has 1 heterocycles. The zero-order valence-corrected chi connectivity index (χ0v) is 9.23. The summed E-state index contributed by atoms with van der Waals surface area (Å²) in [5.74, 6) is 0.624. The van der Waals surface area contributed by atoms with Crippen LogP contribution in [0.25, 0.3) is 0 Å². The van der Waals surface area contributed by atoms with Crippen LogP contribution >= 0.6 is 0 Å². The van der Waals surface area contributed by atoms with Crippen molar-refractivity contribution >= 4 is 11.6 Å². The van der Waals surface area contributed by atoms with Crippen LogP contribution in [0.5, 0.6) is 0 Å². The number of hydrogen-bond acceptors (Lipinski definition) is 2. The lowest BCUT2D eigenvalue weighted by Crippen LogP contribution is -2.28. The lowest BCUT2D eigenvalue weighted by molar-refractivity contribution is -0.122. The van der Waals surface area contributed by atoms with Crippen molar-refractivity contribution in [3.05, 3.63) is 35.4 Å². The van der Waals surface area contributed by atoms with E-state index in [1.54, 1.807) is 0 Å². The Morgan fingerprint density at radius 3 is 2.75 bits per heavy atom. The molecular formula is C13H14N2O. The molecule has 0 aromatic heterocycles. The van der Waals surface area contributed by atoms with Crippen LogP contribution in [0.3, 0.4) is 0 Å². The molecule has 3 heteroatoms. The minimum absolute atomic E-state index is 0.0823. The zero-order valence-electron chi connectivity index (χ0n) is 9.23. The van der Waals surface area contributed by atoms with Gasteiger partial charge in [0, 0.05) is 11.8 Å². The summed E-state index contributed by atoms with van der Waals surface area (Å²) in [6.07, 6.45) is 2.01. The maximum Gasteiger partial charge on any atom is 0.243 e. The highest BCUT2D eigenvalue weighted by atomic mass is 16.2. The lowest BCUT2D eigenvalue weighted by Gasteiger charge is -2.11. The highest BCUT2D eigenvalue weighted by Crippen LogP contribution is 2.43. The number of amides is 1. The first-order valence-electron chi connectivity index (χ1n) is 5.76. The van der Waals surface area contributed by atoms with E-state index >= 15 is 0 Å². The average Bonchev–Trinajstić information content (AvgIpc) is 3.11. The number of fused-ring (bicyclic) bond motifs is 1. The maximum atomic E-state index is 11.3. The molecule has 0 saturated heterocycles. The third-order valence-electron chi connectivity index (χ3n) is 3.42. The first-order chi connectivity index (χ1) is 7.79. The van der Waals surface area contributed by atoms with E-state index < -0.39 is 0 Å². The van der Waals surface area contributed by atoms with Crippen molar-refractivity contribution in [1.82, 2.24) is 5.43 Å². The van der Waals surface area contributed by atoms with Crippen molar-refractivity contribution < 1.29 is 4.79 Å². The number of carbonyl (C=O) groups is 1. The Balaban J connectivity index is 1.90.